The molecule has 1 rings (SSSR count). The van der Waals surface area contributed by atoms with Crippen molar-refractivity contribution in [2.75, 3.05) is 14.1 Å². The molecule has 0 aliphatic heterocycles. The number of carbonyl (C=O) groups is 1. The van der Waals surface area contributed by atoms with Crippen LogP contribution in [-0.4, -0.2) is 24.9 Å². The summed E-state index contributed by atoms with van der Waals surface area (Å²) in [7, 11) is 3.76. The Bertz CT molecular complexity index is 254. The van der Waals surface area contributed by atoms with Crippen LogP contribution >= 0.6 is 0 Å². The molecule has 2 nitrogen and oxygen atoms in total. The van der Waals surface area contributed by atoms with Crippen LogP contribution in [0.5, 0.6) is 0 Å². The van der Waals surface area contributed by atoms with Crippen LogP contribution in [0, 0.1) is 23.7 Å². The highest BCUT2D eigenvalue weighted by molar-refractivity contribution is 5.78. The summed E-state index contributed by atoms with van der Waals surface area (Å²) in [4.78, 5) is 13.9. The van der Waals surface area contributed by atoms with Gasteiger partial charge in [-0.3, -0.25) is 4.79 Å². The zero-order chi connectivity index (χ0) is 13.7. The minimum atomic E-state index is 0.230. The smallest absolute Gasteiger partial charge is 0.225 e. The van der Waals surface area contributed by atoms with Crippen LogP contribution in [0.15, 0.2) is 0 Å². The summed E-state index contributed by atoms with van der Waals surface area (Å²) in [6.07, 6.45) is 7.63. The lowest BCUT2D eigenvalue weighted by atomic mass is 9.76. The molecule has 0 radical (unpaired) electrons. The zero-order valence-corrected chi connectivity index (χ0v) is 12.9. The maximum absolute atomic E-state index is 12.2. The maximum atomic E-state index is 12.2. The second-order valence-electron chi connectivity index (χ2n) is 6.53. The molecule has 1 saturated carbocycles. The average Bonchev–Trinajstić information content (AvgIpc) is 2.82. The molecule has 0 N–H and O–H groups in total. The van der Waals surface area contributed by atoms with Crippen LogP contribution in [0.1, 0.15) is 59.3 Å². The van der Waals surface area contributed by atoms with Crippen molar-refractivity contribution >= 4 is 5.91 Å². The van der Waals surface area contributed by atoms with Gasteiger partial charge in [0.2, 0.25) is 5.91 Å². The lowest BCUT2D eigenvalue weighted by molar-refractivity contribution is -0.134. The first-order valence-corrected chi connectivity index (χ1v) is 7.68. The van der Waals surface area contributed by atoms with E-state index >= 15 is 0 Å². The van der Waals surface area contributed by atoms with Crippen LogP contribution in [0.25, 0.3) is 0 Å². The third-order valence-electron chi connectivity index (χ3n) is 4.70. The van der Waals surface area contributed by atoms with Crippen molar-refractivity contribution in [2.45, 2.75) is 59.3 Å². The summed E-state index contributed by atoms with van der Waals surface area (Å²) in [5.41, 5.74) is 0. The fraction of sp³-hybridized carbons (Fsp3) is 0.938. The van der Waals surface area contributed by atoms with Crippen molar-refractivity contribution in [1.82, 2.24) is 4.90 Å². The minimum Gasteiger partial charge on any atom is -0.349 e. The molecule has 0 aromatic carbocycles. The number of nitrogens with zero attached hydrogens (tertiary/aromatic N) is 1. The molecule has 18 heavy (non-hydrogen) atoms. The van der Waals surface area contributed by atoms with E-state index in [9.17, 15) is 4.79 Å². The summed E-state index contributed by atoms with van der Waals surface area (Å²) < 4.78 is 0. The van der Waals surface area contributed by atoms with E-state index in [1.807, 2.05) is 14.1 Å². The van der Waals surface area contributed by atoms with Crippen molar-refractivity contribution in [2.24, 2.45) is 23.7 Å². The number of hydrogen-bond acceptors (Lipinski definition) is 1. The summed E-state index contributed by atoms with van der Waals surface area (Å²) in [5.74, 6) is 2.86. The second-order valence-corrected chi connectivity index (χ2v) is 6.53. The van der Waals surface area contributed by atoms with Crippen LogP contribution < -0.4 is 0 Å². The lowest BCUT2D eigenvalue weighted by Crippen LogP contribution is -2.32. The van der Waals surface area contributed by atoms with Crippen LogP contribution in [0.3, 0.4) is 0 Å². The van der Waals surface area contributed by atoms with Crippen molar-refractivity contribution in [3.8, 4) is 0 Å². The van der Waals surface area contributed by atoms with E-state index in [1.54, 1.807) is 4.90 Å². The zero-order valence-electron chi connectivity index (χ0n) is 12.9. The van der Waals surface area contributed by atoms with E-state index in [0.717, 1.165) is 24.7 Å². The molecule has 1 aliphatic carbocycles. The summed E-state index contributed by atoms with van der Waals surface area (Å²) in [6, 6.07) is 0. The Balaban J connectivity index is 2.65. The highest BCUT2D eigenvalue weighted by Crippen LogP contribution is 2.39. The highest BCUT2D eigenvalue weighted by Gasteiger charge is 2.31. The van der Waals surface area contributed by atoms with Crippen molar-refractivity contribution < 1.29 is 4.79 Å². The van der Waals surface area contributed by atoms with Gasteiger partial charge in [-0.05, 0) is 30.6 Å². The van der Waals surface area contributed by atoms with Gasteiger partial charge in [0.15, 0.2) is 0 Å². The molecule has 0 aromatic rings. The highest BCUT2D eigenvalue weighted by atomic mass is 16.2. The number of hydrogen-bond donors (Lipinski definition) is 0. The van der Waals surface area contributed by atoms with Crippen molar-refractivity contribution in [3.05, 3.63) is 0 Å². The second kappa shape index (κ2) is 7.16. The predicted molar refractivity (Wildman–Crippen MR) is 77.4 cm³/mol. The largest absolute Gasteiger partial charge is 0.349 e. The van der Waals surface area contributed by atoms with E-state index in [2.05, 4.69) is 20.8 Å². The lowest BCUT2D eigenvalue weighted by Gasteiger charge is -2.31. The van der Waals surface area contributed by atoms with Gasteiger partial charge in [-0.15, -0.1) is 0 Å². The summed E-state index contributed by atoms with van der Waals surface area (Å²) in [5, 5.41) is 0. The van der Waals surface area contributed by atoms with Gasteiger partial charge in [-0.25, -0.2) is 0 Å². The first-order valence-electron chi connectivity index (χ1n) is 7.68. The Hall–Kier alpha value is -0.530. The van der Waals surface area contributed by atoms with E-state index in [1.165, 1.54) is 25.7 Å². The molecule has 0 heterocycles. The molecule has 0 saturated heterocycles. The van der Waals surface area contributed by atoms with E-state index < -0.39 is 0 Å². The summed E-state index contributed by atoms with van der Waals surface area (Å²) in [6.45, 7) is 6.81. The van der Waals surface area contributed by atoms with Gasteiger partial charge in [0.25, 0.3) is 0 Å². The molecule has 1 aliphatic rings. The van der Waals surface area contributed by atoms with Gasteiger partial charge >= 0.3 is 0 Å². The molecule has 0 aromatic heterocycles. The van der Waals surface area contributed by atoms with Crippen molar-refractivity contribution in [1.29, 1.82) is 0 Å². The summed E-state index contributed by atoms with van der Waals surface area (Å²) >= 11 is 0. The minimum absolute atomic E-state index is 0.230. The van der Waals surface area contributed by atoms with Crippen LogP contribution in [0.4, 0.5) is 0 Å². The first-order chi connectivity index (χ1) is 8.47. The van der Waals surface area contributed by atoms with E-state index in [-0.39, 0.29) is 5.92 Å². The number of rotatable bonds is 6. The fourth-order valence-electron chi connectivity index (χ4n) is 3.53. The number of amides is 1. The molecule has 1 amide bonds. The molecule has 106 valence electrons. The Labute approximate surface area is 113 Å². The van der Waals surface area contributed by atoms with Gasteiger partial charge in [0, 0.05) is 20.0 Å². The molecule has 2 unspecified atom stereocenters. The Kier molecular flexibility index (Phi) is 6.17. The Morgan fingerprint density at radius 2 is 1.78 bits per heavy atom. The van der Waals surface area contributed by atoms with Gasteiger partial charge < -0.3 is 4.90 Å². The first kappa shape index (κ1) is 15.5. The van der Waals surface area contributed by atoms with Crippen LogP contribution in [-0.2, 0) is 4.79 Å². The van der Waals surface area contributed by atoms with E-state index in [0.29, 0.717) is 11.8 Å². The molecule has 0 spiro atoms. The van der Waals surface area contributed by atoms with Gasteiger partial charge in [0.05, 0.1) is 0 Å². The monoisotopic (exact) mass is 253 g/mol. The molecule has 1 fully saturated rings. The predicted octanol–water partition coefficient (Wildman–Crippen LogP) is 3.95. The van der Waals surface area contributed by atoms with Gasteiger partial charge in [0.1, 0.15) is 0 Å². The molecular weight excluding hydrogens is 222 g/mol. The number of carbonyl (C=O) groups excluding carboxylic acids is 1. The van der Waals surface area contributed by atoms with E-state index in [4.69, 9.17) is 0 Å². The maximum Gasteiger partial charge on any atom is 0.225 e. The SMILES string of the molecule is CCC(CC(C(C)C)C1CCCC1)C(=O)N(C)C. The average molecular weight is 253 g/mol. The Morgan fingerprint density at radius 3 is 2.17 bits per heavy atom. The molecule has 2 atom stereocenters. The third kappa shape index (κ3) is 4.00. The standard InChI is InChI=1S/C16H31NO/c1-6-13(16(18)17(4)5)11-15(12(2)3)14-9-7-8-10-14/h12-15H,6-11H2,1-5H3. The normalized spacial score (nSPS) is 20.1. The van der Waals surface area contributed by atoms with Crippen molar-refractivity contribution in [3.63, 3.8) is 0 Å². The quantitative estimate of drug-likeness (QED) is 0.702. The topological polar surface area (TPSA) is 20.3 Å². The molecular formula is C16H31NO. The Morgan fingerprint density at radius 1 is 1.22 bits per heavy atom. The van der Waals surface area contributed by atoms with Gasteiger partial charge in [-0.2, -0.15) is 0 Å². The molecule has 2 heteroatoms. The van der Waals surface area contributed by atoms with Crippen LogP contribution in [0.2, 0.25) is 0 Å². The fourth-order valence-corrected chi connectivity index (χ4v) is 3.53. The molecule has 0 bridgehead atoms. The third-order valence-corrected chi connectivity index (χ3v) is 4.70. The van der Waals surface area contributed by atoms with Gasteiger partial charge in [-0.1, -0.05) is 46.5 Å².